The number of morpholine rings is 1. The Balaban J connectivity index is 1.39. The van der Waals surface area contributed by atoms with Crippen molar-refractivity contribution in [3.8, 4) is 0 Å². The molecule has 138 valence electrons. The third-order valence-corrected chi connectivity index (χ3v) is 7.58. The van der Waals surface area contributed by atoms with Crippen molar-refractivity contribution in [1.29, 1.82) is 0 Å². The summed E-state index contributed by atoms with van der Waals surface area (Å²) in [4.78, 5) is 2.67. The SMILES string of the molecule is CC1(C)[C@H](NC[C@H]([C@H]2CCOC2)N2CCOCC2)[C@@H]2CCCC[C@@H]21. The van der Waals surface area contributed by atoms with Crippen molar-refractivity contribution < 1.29 is 9.47 Å². The fourth-order valence-corrected chi connectivity index (χ4v) is 6.17. The van der Waals surface area contributed by atoms with Crippen LogP contribution in [0.3, 0.4) is 0 Å². The molecule has 0 unspecified atom stereocenters. The molecule has 0 bridgehead atoms. The predicted octanol–water partition coefficient (Wildman–Crippen LogP) is 2.53. The van der Waals surface area contributed by atoms with Crippen molar-refractivity contribution in [1.82, 2.24) is 10.2 Å². The molecule has 0 aromatic heterocycles. The van der Waals surface area contributed by atoms with Gasteiger partial charge < -0.3 is 14.8 Å². The number of hydrogen-bond acceptors (Lipinski definition) is 4. The van der Waals surface area contributed by atoms with Gasteiger partial charge >= 0.3 is 0 Å². The lowest BCUT2D eigenvalue weighted by Gasteiger charge is -2.61. The zero-order chi connectivity index (χ0) is 16.6. The molecule has 4 heteroatoms. The highest BCUT2D eigenvalue weighted by Gasteiger charge is 2.56. The van der Waals surface area contributed by atoms with Crippen molar-refractivity contribution in [2.75, 3.05) is 46.1 Å². The third kappa shape index (κ3) is 3.15. The van der Waals surface area contributed by atoms with E-state index in [2.05, 4.69) is 24.1 Å². The van der Waals surface area contributed by atoms with Gasteiger partial charge in [0.25, 0.3) is 0 Å². The molecule has 1 N–H and O–H groups in total. The second kappa shape index (κ2) is 7.22. The fraction of sp³-hybridized carbons (Fsp3) is 1.00. The van der Waals surface area contributed by atoms with Crippen LogP contribution in [0.1, 0.15) is 46.0 Å². The molecular weight excluding hydrogens is 300 g/mol. The van der Waals surface area contributed by atoms with Crippen molar-refractivity contribution in [3.05, 3.63) is 0 Å². The van der Waals surface area contributed by atoms with Gasteiger partial charge in [-0.25, -0.2) is 0 Å². The Morgan fingerprint density at radius 2 is 1.83 bits per heavy atom. The average Bonchev–Trinajstić information content (AvgIpc) is 3.13. The first-order valence-electron chi connectivity index (χ1n) is 10.3. The maximum Gasteiger partial charge on any atom is 0.0594 e. The molecule has 2 saturated heterocycles. The standard InChI is InChI=1S/C20H36N2O2/c1-20(2)17-6-4-3-5-16(17)19(20)21-13-18(15-7-10-24-14-15)22-8-11-23-12-9-22/h15-19,21H,3-14H2,1-2H3/t15-,16+,17-,18+,19+/m0/s1. The van der Waals surface area contributed by atoms with Crippen molar-refractivity contribution in [2.24, 2.45) is 23.2 Å². The van der Waals surface area contributed by atoms with Gasteiger partial charge in [-0.3, -0.25) is 4.90 Å². The maximum atomic E-state index is 5.72. The molecule has 4 rings (SSSR count). The van der Waals surface area contributed by atoms with Crippen LogP contribution in [0.25, 0.3) is 0 Å². The molecule has 2 aliphatic carbocycles. The topological polar surface area (TPSA) is 33.7 Å². The van der Waals surface area contributed by atoms with Crippen LogP contribution in [0.15, 0.2) is 0 Å². The molecule has 24 heavy (non-hydrogen) atoms. The van der Waals surface area contributed by atoms with Crippen LogP contribution in [-0.2, 0) is 9.47 Å². The minimum Gasteiger partial charge on any atom is -0.381 e. The lowest BCUT2D eigenvalue weighted by atomic mass is 9.47. The predicted molar refractivity (Wildman–Crippen MR) is 96.1 cm³/mol. The molecule has 4 aliphatic rings. The van der Waals surface area contributed by atoms with Crippen LogP contribution < -0.4 is 5.32 Å². The monoisotopic (exact) mass is 336 g/mol. The van der Waals surface area contributed by atoms with E-state index < -0.39 is 0 Å². The van der Waals surface area contributed by atoms with Crippen molar-refractivity contribution in [3.63, 3.8) is 0 Å². The van der Waals surface area contributed by atoms with Gasteiger partial charge in [0.05, 0.1) is 19.8 Å². The normalized spacial score (nSPS) is 40.8. The van der Waals surface area contributed by atoms with Crippen LogP contribution in [0.2, 0.25) is 0 Å². The Kier molecular flexibility index (Phi) is 5.19. The first-order valence-corrected chi connectivity index (χ1v) is 10.3. The Bertz CT molecular complexity index is 416. The van der Waals surface area contributed by atoms with E-state index in [1.807, 2.05) is 0 Å². The largest absolute Gasteiger partial charge is 0.381 e. The minimum atomic E-state index is 0.479. The quantitative estimate of drug-likeness (QED) is 0.836. The highest BCUT2D eigenvalue weighted by Crippen LogP contribution is 2.57. The molecule has 0 aromatic rings. The smallest absolute Gasteiger partial charge is 0.0594 e. The minimum absolute atomic E-state index is 0.479. The van der Waals surface area contributed by atoms with Crippen LogP contribution >= 0.6 is 0 Å². The molecule has 2 heterocycles. The molecule has 4 fully saturated rings. The maximum absolute atomic E-state index is 5.72. The number of hydrogen-bond donors (Lipinski definition) is 1. The van der Waals surface area contributed by atoms with Crippen LogP contribution in [0.5, 0.6) is 0 Å². The molecule has 0 amide bonds. The second-order valence-corrected chi connectivity index (χ2v) is 9.10. The van der Waals surface area contributed by atoms with Crippen LogP contribution in [-0.4, -0.2) is 63.0 Å². The molecule has 2 aliphatic heterocycles. The summed E-state index contributed by atoms with van der Waals surface area (Å²) in [5.74, 6) is 2.58. The van der Waals surface area contributed by atoms with Gasteiger partial charge in [0, 0.05) is 44.2 Å². The zero-order valence-corrected chi connectivity index (χ0v) is 15.6. The third-order valence-electron chi connectivity index (χ3n) is 7.58. The molecule has 4 nitrogen and oxygen atoms in total. The van der Waals surface area contributed by atoms with E-state index in [0.717, 1.165) is 57.9 Å². The Hall–Kier alpha value is -0.160. The summed E-state index contributed by atoms with van der Waals surface area (Å²) in [6.45, 7) is 12.0. The Morgan fingerprint density at radius 3 is 2.58 bits per heavy atom. The summed E-state index contributed by atoms with van der Waals surface area (Å²) < 4.78 is 11.3. The van der Waals surface area contributed by atoms with E-state index >= 15 is 0 Å². The second-order valence-electron chi connectivity index (χ2n) is 9.10. The highest BCUT2D eigenvalue weighted by molar-refractivity contribution is 5.09. The molecule has 5 atom stereocenters. The van der Waals surface area contributed by atoms with E-state index in [1.54, 1.807) is 0 Å². The molecule has 2 saturated carbocycles. The Labute approximate surface area is 147 Å². The molecule has 0 aromatic carbocycles. The van der Waals surface area contributed by atoms with Gasteiger partial charge in [0.2, 0.25) is 0 Å². The van der Waals surface area contributed by atoms with Gasteiger partial charge in [-0.15, -0.1) is 0 Å². The zero-order valence-electron chi connectivity index (χ0n) is 15.6. The summed E-state index contributed by atoms with van der Waals surface area (Å²) in [6, 6.07) is 1.34. The lowest BCUT2D eigenvalue weighted by molar-refractivity contribution is -0.0915. The van der Waals surface area contributed by atoms with Crippen LogP contribution in [0.4, 0.5) is 0 Å². The van der Waals surface area contributed by atoms with Crippen molar-refractivity contribution >= 4 is 0 Å². The highest BCUT2D eigenvalue weighted by atomic mass is 16.5. The number of nitrogens with one attached hydrogen (secondary N) is 1. The van der Waals surface area contributed by atoms with Crippen LogP contribution in [0, 0.1) is 23.2 Å². The van der Waals surface area contributed by atoms with Crippen molar-refractivity contribution in [2.45, 2.75) is 58.0 Å². The van der Waals surface area contributed by atoms with Gasteiger partial charge in [-0.1, -0.05) is 26.7 Å². The molecule has 0 spiro atoms. The average molecular weight is 337 g/mol. The number of ether oxygens (including phenoxy) is 2. The van der Waals surface area contributed by atoms with Gasteiger partial charge in [-0.05, 0) is 36.5 Å². The first kappa shape index (κ1) is 17.3. The lowest BCUT2D eigenvalue weighted by Crippen LogP contribution is -2.66. The number of nitrogens with zero attached hydrogens (tertiary/aromatic N) is 1. The van der Waals surface area contributed by atoms with Gasteiger partial charge in [0.1, 0.15) is 0 Å². The van der Waals surface area contributed by atoms with E-state index in [-0.39, 0.29) is 0 Å². The summed E-state index contributed by atoms with van der Waals surface area (Å²) in [7, 11) is 0. The van der Waals surface area contributed by atoms with E-state index in [4.69, 9.17) is 9.47 Å². The summed E-state index contributed by atoms with van der Waals surface area (Å²) >= 11 is 0. The summed E-state index contributed by atoms with van der Waals surface area (Å²) in [6.07, 6.45) is 7.02. The number of fused-ring (bicyclic) bond motifs is 1. The summed E-state index contributed by atoms with van der Waals surface area (Å²) in [5, 5.41) is 4.04. The van der Waals surface area contributed by atoms with E-state index in [1.165, 1.54) is 32.1 Å². The first-order chi connectivity index (χ1) is 11.7. The van der Waals surface area contributed by atoms with Gasteiger partial charge in [0.15, 0.2) is 0 Å². The molecule has 0 radical (unpaired) electrons. The van der Waals surface area contributed by atoms with E-state index in [0.29, 0.717) is 23.4 Å². The molecular formula is C20H36N2O2. The number of rotatable bonds is 5. The summed E-state index contributed by atoms with van der Waals surface area (Å²) in [5.41, 5.74) is 0.479. The Morgan fingerprint density at radius 1 is 1.04 bits per heavy atom. The fourth-order valence-electron chi connectivity index (χ4n) is 6.17. The van der Waals surface area contributed by atoms with E-state index in [9.17, 15) is 0 Å². The van der Waals surface area contributed by atoms with Gasteiger partial charge in [-0.2, -0.15) is 0 Å².